The van der Waals surface area contributed by atoms with Crippen LogP contribution < -0.4 is 10.5 Å². The summed E-state index contributed by atoms with van der Waals surface area (Å²) in [5, 5.41) is 9.84. The third-order valence-electron chi connectivity index (χ3n) is 2.38. The van der Waals surface area contributed by atoms with Gasteiger partial charge in [-0.05, 0) is 25.0 Å². The maximum absolute atomic E-state index is 11.4. The SMILES string of the molecule is CCOC(=O)C(N)Cc1cc(OC)c(O)cc1Cl. The van der Waals surface area contributed by atoms with Crippen LogP contribution in [-0.2, 0) is 16.0 Å². The van der Waals surface area contributed by atoms with Crippen molar-refractivity contribution in [3.05, 3.63) is 22.7 Å². The van der Waals surface area contributed by atoms with Crippen molar-refractivity contribution in [1.29, 1.82) is 0 Å². The van der Waals surface area contributed by atoms with Crippen molar-refractivity contribution in [3.63, 3.8) is 0 Å². The second kappa shape index (κ2) is 6.47. The van der Waals surface area contributed by atoms with Crippen molar-refractivity contribution in [1.82, 2.24) is 0 Å². The van der Waals surface area contributed by atoms with Gasteiger partial charge in [-0.15, -0.1) is 0 Å². The van der Waals surface area contributed by atoms with E-state index in [2.05, 4.69) is 0 Å². The van der Waals surface area contributed by atoms with Gasteiger partial charge in [0.15, 0.2) is 11.5 Å². The Morgan fingerprint density at radius 1 is 1.56 bits per heavy atom. The Labute approximate surface area is 110 Å². The molecule has 0 amide bonds. The van der Waals surface area contributed by atoms with Crippen LogP contribution in [0.25, 0.3) is 0 Å². The Bertz CT molecular complexity index is 436. The van der Waals surface area contributed by atoms with Gasteiger partial charge in [0.1, 0.15) is 6.04 Å². The Kier molecular flexibility index (Phi) is 5.25. The first-order valence-corrected chi connectivity index (χ1v) is 5.85. The van der Waals surface area contributed by atoms with Crippen LogP contribution in [0.5, 0.6) is 11.5 Å². The summed E-state index contributed by atoms with van der Waals surface area (Å²) in [6, 6.07) is 2.11. The van der Waals surface area contributed by atoms with Crippen molar-refractivity contribution in [2.75, 3.05) is 13.7 Å². The average Bonchev–Trinajstić information content (AvgIpc) is 2.32. The molecule has 5 nitrogen and oxygen atoms in total. The number of phenols is 1. The quantitative estimate of drug-likeness (QED) is 0.794. The minimum absolute atomic E-state index is 0.0593. The van der Waals surface area contributed by atoms with Crippen LogP contribution in [0.4, 0.5) is 0 Å². The first-order valence-electron chi connectivity index (χ1n) is 5.47. The molecule has 0 heterocycles. The molecule has 0 aliphatic heterocycles. The summed E-state index contributed by atoms with van der Waals surface area (Å²) < 4.78 is 9.77. The van der Waals surface area contributed by atoms with Crippen molar-refractivity contribution < 1.29 is 19.4 Å². The van der Waals surface area contributed by atoms with Crippen LogP contribution in [0.15, 0.2) is 12.1 Å². The molecule has 0 aromatic heterocycles. The number of hydrogen-bond acceptors (Lipinski definition) is 5. The molecule has 0 radical (unpaired) electrons. The molecule has 1 rings (SSSR count). The first-order chi connectivity index (χ1) is 8.49. The smallest absolute Gasteiger partial charge is 0.323 e. The Morgan fingerprint density at radius 3 is 2.78 bits per heavy atom. The molecule has 0 fully saturated rings. The van der Waals surface area contributed by atoms with E-state index in [9.17, 15) is 9.90 Å². The van der Waals surface area contributed by atoms with Gasteiger partial charge in [0.2, 0.25) is 0 Å². The van der Waals surface area contributed by atoms with Gasteiger partial charge in [0.25, 0.3) is 0 Å². The van der Waals surface area contributed by atoms with E-state index in [0.29, 0.717) is 10.6 Å². The highest BCUT2D eigenvalue weighted by atomic mass is 35.5. The lowest BCUT2D eigenvalue weighted by Gasteiger charge is -2.13. The van der Waals surface area contributed by atoms with Crippen LogP contribution in [0.1, 0.15) is 12.5 Å². The minimum Gasteiger partial charge on any atom is -0.504 e. The zero-order chi connectivity index (χ0) is 13.7. The second-order valence-corrected chi connectivity index (χ2v) is 4.09. The highest BCUT2D eigenvalue weighted by Gasteiger charge is 2.18. The van der Waals surface area contributed by atoms with Gasteiger partial charge in [-0.2, -0.15) is 0 Å². The molecular formula is C12H16ClNO4. The first kappa shape index (κ1) is 14.6. The number of phenolic OH excluding ortho intramolecular Hbond substituents is 1. The molecule has 1 unspecified atom stereocenters. The number of aromatic hydroxyl groups is 1. The predicted molar refractivity (Wildman–Crippen MR) is 68.0 cm³/mol. The lowest BCUT2D eigenvalue weighted by Crippen LogP contribution is -2.34. The van der Waals surface area contributed by atoms with Gasteiger partial charge < -0.3 is 20.3 Å². The molecule has 0 bridgehead atoms. The predicted octanol–water partition coefficient (Wildman–Crippen LogP) is 1.49. The van der Waals surface area contributed by atoms with Crippen LogP contribution in [0.2, 0.25) is 5.02 Å². The molecule has 100 valence electrons. The largest absolute Gasteiger partial charge is 0.504 e. The molecule has 0 saturated heterocycles. The van der Waals surface area contributed by atoms with Crippen molar-refractivity contribution in [3.8, 4) is 11.5 Å². The Hall–Kier alpha value is -1.46. The standard InChI is InChI=1S/C12H16ClNO4/c1-3-18-12(16)9(14)4-7-5-11(17-2)10(15)6-8(7)13/h5-6,9,15H,3-4,14H2,1-2H3. The monoisotopic (exact) mass is 273 g/mol. The molecule has 1 atom stereocenters. The van der Waals surface area contributed by atoms with E-state index in [1.165, 1.54) is 13.2 Å². The molecule has 0 spiro atoms. The van der Waals surface area contributed by atoms with Gasteiger partial charge in [-0.3, -0.25) is 4.79 Å². The summed E-state index contributed by atoms with van der Waals surface area (Å²) in [7, 11) is 1.43. The van der Waals surface area contributed by atoms with Gasteiger partial charge in [-0.1, -0.05) is 11.6 Å². The molecule has 0 aliphatic rings. The molecule has 1 aromatic carbocycles. The third-order valence-corrected chi connectivity index (χ3v) is 2.73. The van der Waals surface area contributed by atoms with Gasteiger partial charge in [-0.25, -0.2) is 0 Å². The van der Waals surface area contributed by atoms with E-state index >= 15 is 0 Å². The number of carbonyl (C=O) groups excluding carboxylic acids is 1. The number of rotatable bonds is 5. The normalized spacial score (nSPS) is 12.0. The number of carbonyl (C=O) groups is 1. The molecule has 1 aromatic rings. The highest BCUT2D eigenvalue weighted by Crippen LogP contribution is 2.32. The summed E-state index contributed by atoms with van der Waals surface area (Å²) in [6.07, 6.45) is 0.217. The zero-order valence-electron chi connectivity index (χ0n) is 10.3. The van der Waals surface area contributed by atoms with Crippen LogP contribution >= 0.6 is 11.6 Å². The van der Waals surface area contributed by atoms with Gasteiger partial charge in [0, 0.05) is 11.1 Å². The van der Waals surface area contributed by atoms with Crippen molar-refractivity contribution >= 4 is 17.6 Å². The maximum atomic E-state index is 11.4. The van der Waals surface area contributed by atoms with E-state index in [4.69, 9.17) is 26.8 Å². The minimum atomic E-state index is -0.795. The number of methoxy groups -OCH3 is 1. The number of nitrogens with two attached hydrogens (primary N) is 1. The summed E-state index contributed by atoms with van der Waals surface area (Å²) in [5.74, 6) is -0.262. The lowest BCUT2D eigenvalue weighted by atomic mass is 10.1. The Balaban J connectivity index is 2.87. The van der Waals surface area contributed by atoms with E-state index in [1.807, 2.05) is 0 Å². The summed E-state index contributed by atoms with van der Waals surface area (Å²) in [4.78, 5) is 11.4. The summed E-state index contributed by atoms with van der Waals surface area (Å²) in [5.41, 5.74) is 6.31. The number of benzene rings is 1. The second-order valence-electron chi connectivity index (χ2n) is 3.68. The molecule has 0 saturated carbocycles. The number of ether oxygens (including phenoxy) is 2. The molecule has 3 N–H and O–H groups in total. The van der Waals surface area contributed by atoms with E-state index in [-0.39, 0.29) is 24.5 Å². The van der Waals surface area contributed by atoms with E-state index in [0.717, 1.165) is 0 Å². The van der Waals surface area contributed by atoms with E-state index < -0.39 is 12.0 Å². The van der Waals surface area contributed by atoms with Crippen LogP contribution in [0.3, 0.4) is 0 Å². The molecular weight excluding hydrogens is 258 g/mol. The maximum Gasteiger partial charge on any atom is 0.323 e. The number of halogens is 1. The number of esters is 1. The lowest BCUT2D eigenvalue weighted by molar-refractivity contribution is -0.144. The van der Waals surface area contributed by atoms with Crippen molar-refractivity contribution in [2.45, 2.75) is 19.4 Å². The fraction of sp³-hybridized carbons (Fsp3) is 0.417. The van der Waals surface area contributed by atoms with Crippen molar-refractivity contribution in [2.24, 2.45) is 5.73 Å². The van der Waals surface area contributed by atoms with E-state index in [1.54, 1.807) is 13.0 Å². The molecule has 0 aliphatic carbocycles. The van der Waals surface area contributed by atoms with Crippen LogP contribution in [0, 0.1) is 0 Å². The van der Waals surface area contributed by atoms with Gasteiger partial charge in [0.05, 0.1) is 13.7 Å². The fourth-order valence-corrected chi connectivity index (χ4v) is 1.71. The zero-order valence-corrected chi connectivity index (χ0v) is 11.0. The molecule has 18 heavy (non-hydrogen) atoms. The van der Waals surface area contributed by atoms with Gasteiger partial charge >= 0.3 is 5.97 Å². The van der Waals surface area contributed by atoms with Crippen LogP contribution in [-0.4, -0.2) is 30.8 Å². The topological polar surface area (TPSA) is 81.8 Å². The highest BCUT2D eigenvalue weighted by molar-refractivity contribution is 6.31. The fourth-order valence-electron chi connectivity index (χ4n) is 1.47. The molecule has 6 heteroatoms. The summed E-state index contributed by atoms with van der Waals surface area (Å²) in [6.45, 7) is 1.99. The summed E-state index contributed by atoms with van der Waals surface area (Å²) >= 11 is 5.96. The Morgan fingerprint density at radius 2 is 2.22 bits per heavy atom. The average molecular weight is 274 g/mol. The third kappa shape index (κ3) is 3.51. The number of hydrogen-bond donors (Lipinski definition) is 2.